The fraction of sp³-hybridized carbons (Fsp3) is 0.400. The molecule has 0 bridgehead atoms. The Morgan fingerprint density at radius 1 is 1.19 bits per heavy atom. The Morgan fingerprint density at radius 3 is 2.29 bits per heavy atom. The average Bonchev–Trinajstić information content (AvgIpc) is 2.85. The van der Waals surface area contributed by atoms with Crippen LogP contribution in [0.3, 0.4) is 0 Å². The zero-order valence-electron chi connectivity index (χ0n) is 12.8. The predicted octanol–water partition coefficient (Wildman–Crippen LogP) is 3.07. The van der Waals surface area contributed by atoms with Crippen molar-refractivity contribution in [3.05, 3.63) is 41.6 Å². The molecule has 0 spiro atoms. The van der Waals surface area contributed by atoms with Gasteiger partial charge in [0.1, 0.15) is 0 Å². The minimum Gasteiger partial charge on any atom is -0.280 e. The number of sulfonamides is 1. The molecule has 0 aliphatic rings. The van der Waals surface area contributed by atoms with E-state index in [1.54, 1.807) is 18.2 Å². The molecule has 0 atom stereocenters. The Hall–Kier alpha value is -1.82. The highest BCUT2D eigenvalue weighted by Gasteiger charge is 2.18. The molecule has 0 saturated carbocycles. The van der Waals surface area contributed by atoms with Gasteiger partial charge < -0.3 is 0 Å². The summed E-state index contributed by atoms with van der Waals surface area (Å²) in [6.45, 7) is 8.23. The fourth-order valence-electron chi connectivity index (χ4n) is 1.93. The van der Waals surface area contributed by atoms with Crippen molar-refractivity contribution < 1.29 is 8.42 Å². The van der Waals surface area contributed by atoms with Crippen molar-refractivity contribution in [2.45, 2.75) is 44.4 Å². The molecule has 114 valence electrons. The van der Waals surface area contributed by atoms with Gasteiger partial charge in [-0.15, -0.1) is 0 Å². The minimum atomic E-state index is -3.60. The number of aromatic nitrogens is 2. The molecular formula is C15H21N3O2S. The number of H-pyrrole nitrogens is 1. The molecule has 5 nitrogen and oxygen atoms in total. The van der Waals surface area contributed by atoms with Crippen molar-refractivity contribution in [3.63, 3.8) is 0 Å². The van der Waals surface area contributed by atoms with E-state index in [9.17, 15) is 8.42 Å². The first kappa shape index (κ1) is 15.6. The zero-order valence-corrected chi connectivity index (χ0v) is 13.6. The van der Waals surface area contributed by atoms with Crippen molar-refractivity contribution in [3.8, 4) is 0 Å². The van der Waals surface area contributed by atoms with E-state index in [1.807, 2.05) is 19.1 Å². The van der Waals surface area contributed by atoms with Crippen LogP contribution in [-0.2, 0) is 21.9 Å². The first-order valence-electron chi connectivity index (χ1n) is 6.90. The average molecular weight is 307 g/mol. The topological polar surface area (TPSA) is 74.8 Å². The third-order valence-corrected chi connectivity index (χ3v) is 4.65. The standard InChI is InChI=1S/C15H21N3O2S/c1-5-12-10-14(17-16-12)18-21(19,20)13-8-6-11(7-9-13)15(2,3)4/h6-10H,5H2,1-4H3,(H2,16,17,18). The van der Waals surface area contributed by atoms with E-state index < -0.39 is 10.0 Å². The van der Waals surface area contributed by atoms with Gasteiger partial charge in [0.25, 0.3) is 10.0 Å². The molecule has 2 aromatic rings. The first-order valence-corrected chi connectivity index (χ1v) is 8.38. The molecule has 0 aliphatic carbocycles. The lowest BCUT2D eigenvalue weighted by Crippen LogP contribution is -2.15. The van der Waals surface area contributed by atoms with E-state index in [1.165, 1.54) is 0 Å². The van der Waals surface area contributed by atoms with Gasteiger partial charge in [0.2, 0.25) is 0 Å². The van der Waals surface area contributed by atoms with Gasteiger partial charge in [0.15, 0.2) is 5.82 Å². The molecule has 2 N–H and O–H groups in total. The predicted molar refractivity (Wildman–Crippen MR) is 83.9 cm³/mol. The number of hydrogen-bond donors (Lipinski definition) is 2. The maximum atomic E-state index is 12.3. The van der Waals surface area contributed by atoms with Gasteiger partial charge in [-0.25, -0.2) is 8.42 Å². The number of aromatic amines is 1. The summed E-state index contributed by atoms with van der Waals surface area (Å²) in [4.78, 5) is 0.233. The monoisotopic (exact) mass is 307 g/mol. The highest BCUT2D eigenvalue weighted by Crippen LogP contribution is 2.24. The number of rotatable bonds is 4. The molecular weight excluding hydrogens is 286 g/mol. The molecule has 1 aromatic carbocycles. The molecule has 2 rings (SSSR count). The van der Waals surface area contributed by atoms with Crippen LogP contribution in [0.15, 0.2) is 35.2 Å². The van der Waals surface area contributed by atoms with Gasteiger partial charge in [-0.1, -0.05) is 39.8 Å². The van der Waals surface area contributed by atoms with Crippen LogP contribution in [0.25, 0.3) is 0 Å². The molecule has 1 aromatic heterocycles. The first-order chi connectivity index (χ1) is 9.72. The molecule has 6 heteroatoms. The van der Waals surface area contributed by atoms with Gasteiger partial charge in [-0.05, 0) is 29.5 Å². The van der Waals surface area contributed by atoms with E-state index in [0.717, 1.165) is 17.7 Å². The maximum Gasteiger partial charge on any atom is 0.263 e. The lowest BCUT2D eigenvalue weighted by atomic mass is 9.87. The lowest BCUT2D eigenvalue weighted by Gasteiger charge is -2.19. The van der Waals surface area contributed by atoms with Crippen LogP contribution in [0.5, 0.6) is 0 Å². The minimum absolute atomic E-state index is 0.00601. The van der Waals surface area contributed by atoms with E-state index in [2.05, 4.69) is 35.7 Å². The van der Waals surface area contributed by atoms with Crippen molar-refractivity contribution in [2.24, 2.45) is 0 Å². The zero-order chi connectivity index (χ0) is 15.7. The highest BCUT2D eigenvalue weighted by atomic mass is 32.2. The summed E-state index contributed by atoms with van der Waals surface area (Å²) in [7, 11) is -3.60. The number of nitrogens with zero attached hydrogens (tertiary/aromatic N) is 1. The third-order valence-electron chi connectivity index (χ3n) is 3.28. The summed E-state index contributed by atoms with van der Waals surface area (Å²) in [6, 6.07) is 8.63. The molecule has 0 amide bonds. The second kappa shape index (κ2) is 5.52. The number of anilines is 1. The Bertz CT molecular complexity index is 710. The Labute approximate surface area is 125 Å². The van der Waals surface area contributed by atoms with Crippen LogP contribution in [0.4, 0.5) is 5.82 Å². The molecule has 0 radical (unpaired) electrons. The normalized spacial score (nSPS) is 12.4. The number of benzene rings is 1. The summed E-state index contributed by atoms with van der Waals surface area (Å²) in [5.41, 5.74) is 1.97. The van der Waals surface area contributed by atoms with Crippen LogP contribution in [-0.4, -0.2) is 18.6 Å². The van der Waals surface area contributed by atoms with Gasteiger partial charge in [0.05, 0.1) is 4.90 Å². The van der Waals surface area contributed by atoms with E-state index >= 15 is 0 Å². The number of hydrogen-bond acceptors (Lipinski definition) is 3. The van der Waals surface area contributed by atoms with Crippen LogP contribution in [0, 0.1) is 0 Å². The summed E-state index contributed by atoms with van der Waals surface area (Å²) in [5, 5.41) is 6.72. The quantitative estimate of drug-likeness (QED) is 0.911. The number of nitrogens with one attached hydrogen (secondary N) is 2. The summed E-state index contributed by atoms with van der Waals surface area (Å²) in [6.07, 6.45) is 0.773. The highest BCUT2D eigenvalue weighted by molar-refractivity contribution is 7.92. The molecule has 1 heterocycles. The fourth-order valence-corrected chi connectivity index (χ4v) is 2.92. The van der Waals surface area contributed by atoms with Crippen LogP contribution in [0.1, 0.15) is 39.0 Å². The van der Waals surface area contributed by atoms with Gasteiger partial charge >= 0.3 is 0 Å². The van der Waals surface area contributed by atoms with Crippen molar-refractivity contribution >= 4 is 15.8 Å². The maximum absolute atomic E-state index is 12.3. The smallest absolute Gasteiger partial charge is 0.263 e. The Balaban J connectivity index is 2.23. The van der Waals surface area contributed by atoms with Crippen LogP contribution >= 0.6 is 0 Å². The summed E-state index contributed by atoms with van der Waals surface area (Å²) >= 11 is 0. The van der Waals surface area contributed by atoms with E-state index in [0.29, 0.717) is 5.82 Å². The Morgan fingerprint density at radius 2 is 1.81 bits per heavy atom. The van der Waals surface area contributed by atoms with Crippen LogP contribution < -0.4 is 4.72 Å². The second-order valence-corrected chi connectivity index (χ2v) is 7.69. The van der Waals surface area contributed by atoms with E-state index in [-0.39, 0.29) is 10.3 Å². The summed E-state index contributed by atoms with van der Waals surface area (Å²) in [5.74, 6) is 0.312. The van der Waals surface area contributed by atoms with Crippen molar-refractivity contribution in [1.82, 2.24) is 10.2 Å². The van der Waals surface area contributed by atoms with E-state index in [4.69, 9.17) is 0 Å². The number of aryl methyl sites for hydroxylation is 1. The van der Waals surface area contributed by atoms with Gasteiger partial charge in [-0.3, -0.25) is 9.82 Å². The van der Waals surface area contributed by atoms with Crippen LogP contribution in [0.2, 0.25) is 0 Å². The Kier molecular flexibility index (Phi) is 4.09. The van der Waals surface area contributed by atoms with Gasteiger partial charge in [-0.2, -0.15) is 5.10 Å². The largest absolute Gasteiger partial charge is 0.280 e. The molecule has 0 aliphatic heterocycles. The molecule has 21 heavy (non-hydrogen) atoms. The molecule has 0 unspecified atom stereocenters. The molecule has 0 saturated heterocycles. The molecule has 0 fully saturated rings. The second-order valence-electron chi connectivity index (χ2n) is 6.01. The third kappa shape index (κ3) is 3.64. The van der Waals surface area contributed by atoms with Crippen molar-refractivity contribution in [1.29, 1.82) is 0 Å². The van der Waals surface area contributed by atoms with Gasteiger partial charge in [0, 0.05) is 11.8 Å². The summed E-state index contributed by atoms with van der Waals surface area (Å²) < 4.78 is 27.1. The SMILES string of the molecule is CCc1cc(NS(=O)(=O)c2ccc(C(C)(C)C)cc2)n[nH]1. The lowest BCUT2D eigenvalue weighted by molar-refractivity contribution is 0.587. The van der Waals surface area contributed by atoms with Crippen molar-refractivity contribution in [2.75, 3.05) is 4.72 Å².